The zero-order chi connectivity index (χ0) is 25.5. The second-order valence-electron chi connectivity index (χ2n) is 10.2. The third kappa shape index (κ3) is 5.84. The standard InChI is InChI=1S/C23H32BrClN6O4/c1-23(2,3)35-22(33)30-7-6-26-13(9-30)12-34-19-17-16(8-15(24)18(19)25)27-21(28-20(17)32)31-10-14(11-31)29(4)5/h8,13-14,26H,6-7,9-12H2,1-5H3,(H,27,28,32)/t13-/m0/s1. The minimum Gasteiger partial charge on any atom is -0.489 e. The Hall–Kier alpha value is -2.08. The van der Waals surface area contributed by atoms with Gasteiger partial charge in [-0.1, -0.05) is 11.6 Å². The molecule has 3 heterocycles. The zero-order valence-corrected chi connectivity index (χ0v) is 23.0. The summed E-state index contributed by atoms with van der Waals surface area (Å²) in [6, 6.07) is 2.00. The summed E-state index contributed by atoms with van der Waals surface area (Å²) in [5.74, 6) is 0.796. The summed E-state index contributed by atoms with van der Waals surface area (Å²) in [4.78, 5) is 39.0. The molecule has 2 fully saturated rings. The number of anilines is 1. The number of hydrogen-bond acceptors (Lipinski definition) is 8. The maximum atomic E-state index is 13.1. The van der Waals surface area contributed by atoms with Gasteiger partial charge < -0.3 is 29.5 Å². The van der Waals surface area contributed by atoms with Gasteiger partial charge in [0.15, 0.2) is 5.75 Å². The Bertz CT molecular complexity index is 1160. The molecule has 35 heavy (non-hydrogen) atoms. The lowest BCUT2D eigenvalue weighted by molar-refractivity contribution is 0.0178. The van der Waals surface area contributed by atoms with Crippen molar-refractivity contribution in [2.45, 2.75) is 38.5 Å². The number of amides is 1. The van der Waals surface area contributed by atoms with Crippen LogP contribution in [-0.4, -0.2) is 97.0 Å². The first-order chi connectivity index (χ1) is 16.4. The Balaban J connectivity index is 1.51. The number of piperazine rings is 1. The number of carbonyl (C=O) groups excluding carboxylic acids is 1. The summed E-state index contributed by atoms with van der Waals surface area (Å²) in [5, 5.41) is 3.94. The summed E-state index contributed by atoms with van der Waals surface area (Å²) in [5.41, 5.74) is -0.377. The van der Waals surface area contributed by atoms with Crippen LogP contribution in [0.25, 0.3) is 10.9 Å². The van der Waals surface area contributed by atoms with Gasteiger partial charge in [0.05, 0.1) is 16.6 Å². The fourth-order valence-electron chi connectivity index (χ4n) is 4.06. The quantitative estimate of drug-likeness (QED) is 0.565. The SMILES string of the molecule is CN(C)C1CN(c2nc3cc(Br)c(Cl)c(OC[C@@H]4CN(C(=O)OC(C)(C)C)CCN4)c3c(=O)[nH]2)C1. The fraction of sp³-hybridized carbons (Fsp3) is 0.609. The molecule has 0 spiro atoms. The molecule has 2 aromatic rings. The van der Waals surface area contributed by atoms with Crippen LogP contribution in [0.4, 0.5) is 10.7 Å². The van der Waals surface area contributed by atoms with E-state index in [1.807, 2.05) is 39.8 Å². The molecule has 1 aromatic heterocycles. The third-order valence-electron chi connectivity index (χ3n) is 6.06. The number of nitrogens with zero attached hydrogens (tertiary/aromatic N) is 4. The molecular weight excluding hydrogens is 540 g/mol. The maximum Gasteiger partial charge on any atom is 0.410 e. The summed E-state index contributed by atoms with van der Waals surface area (Å²) in [6.07, 6.45) is -0.356. The van der Waals surface area contributed by atoms with Crippen LogP contribution in [-0.2, 0) is 4.74 Å². The van der Waals surface area contributed by atoms with Gasteiger partial charge >= 0.3 is 6.09 Å². The number of H-pyrrole nitrogens is 1. The zero-order valence-electron chi connectivity index (χ0n) is 20.7. The highest BCUT2D eigenvalue weighted by molar-refractivity contribution is 9.10. The van der Waals surface area contributed by atoms with Crippen LogP contribution in [0, 0.1) is 0 Å². The van der Waals surface area contributed by atoms with E-state index in [-0.39, 0.29) is 30.1 Å². The van der Waals surface area contributed by atoms with Gasteiger partial charge in [-0.25, -0.2) is 9.78 Å². The molecule has 2 N–H and O–H groups in total. The molecule has 0 bridgehead atoms. The third-order valence-corrected chi connectivity index (χ3v) is 7.29. The van der Waals surface area contributed by atoms with Gasteiger partial charge in [0.25, 0.3) is 5.56 Å². The van der Waals surface area contributed by atoms with Crippen LogP contribution >= 0.6 is 27.5 Å². The molecular formula is C23H32BrClN6O4. The van der Waals surface area contributed by atoms with Gasteiger partial charge in [-0.3, -0.25) is 9.78 Å². The average Bonchev–Trinajstić information content (AvgIpc) is 2.72. The number of aromatic nitrogens is 2. The predicted octanol–water partition coefficient (Wildman–Crippen LogP) is 2.68. The maximum absolute atomic E-state index is 13.1. The number of carbonyl (C=O) groups is 1. The van der Waals surface area contributed by atoms with E-state index in [0.29, 0.717) is 52.0 Å². The molecule has 2 aliphatic rings. The van der Waals surface area contributed by atoms with Crippen molar-refractivity contribution in [3.05, 3.63) is 25.9 Å². The van der Waals surface area contributed by atoms with Crippen molar-refractivity contribution in [3.63, 3.8) is 0 Å². The first-order valence-corrected chi connectivity index (χ1v) is 12.8. The number of fused-ring (bicyclic) bond motifs is 1. The largest absolute Gasteiger partial charge is 0.489 e. The number of nitrogens with one attached hydrogen (secondary N) is 2. The summed E-state index contributed by atoms with van der Waals surface area (Å²) < 4.78 is 12.2. The van der Waals surface area contributed by atoms with Crippen LogP contribution in [0.5, 0.6) is 5.75 Å². The monoisotopic (exact) mass is 570 g/mol. The van der Waals surface area contributed by atoms with Crippen molar-refractivity contribution in [3.8, 4) is 5.75 Å². The normalized spacial score (nSPS) is 19.3. The Morgan fingerprint density at radius 2 is 2.03 bits per heavy atom. The summed E-state index contributed by atoms with van der Waals surface area (Å²) in [7, 11) is 4.07. The Morgan fingerprint density at radius 3 is 2.69 bits per heavy atom. The summed E-state index contributed by atoms with van der Waals surface area (Å²) in [6.45, 7) is 8.89. The first kappa shape index (κ1) is 26.0. The molecule has 1 aromatic carbocycles. The van der Waals surface area contributed by atoms with Crippen LogP contribution in [0.3, 0.4) is 0 Å². The van der Waals surface area contributed by atoms with Gasteiger partial charge in [0, 0.05) is 43.2 Å². The van der Waals surface area contributed by atoms with E-state index in [9.17, 15) is 9.59 Å². The molecule has 0 radical (unpaired) electrons. The summed E-state index contributed by atoms with van der Waals surface area (Å²) >= 11 is 10.0. The van der Waals surface area contributed by atoms with Crippen LogP contribution in [0.2, 0.25) is 5.02 Å². The molecule has 0 unspecified atom stereocenters. The molecule has 0 aliphatic carbocycles. The van der Waals surface area contributed by atoms with Crippen molar-refractivity contribution in [1.82, 2.24) is 25.1 Å². The van der Waals surface area contributed by atoms with Crippen LogP contribution < -0.4 is 20.5 Å². The Morgan fingerprint density at radius 1 is 1.31 bits per heavy atom. The minimum absolute atomic E-state index is 0.156. The van der Waals surface area contributed by atoms with Crippen molar-refractivity contribution in [1.29, 1.82) is 0 Å². The van der Waals surface area contributed by atoms with Gasteiger partial charge in [0.2, 0.25) is 5.95 Å². The van der Waals surface area contributed by atoms with Crippen molar-refractivity contribution in [2.24, 2.45) is 0 Å². The van der Waals surface area contributed by atoms with Gasteiger partial charge in [-0.05, 0) is 56.9 Å². The molecule has 12 heteroatoms. The van der Waals surface area contributed by atoms with E-state index >= 15 is 0 Å². The molecule has 1 atom stereocenters. The number of likely N-dealkylation sites (N-methyl/N-ethyl adjacent to an activating group) is 1. The lowest BCUT2D eigenvalue weighted by Gasteiger charge is -2.42. The van der Waals surface area contributed by atoms with E-state index < -0.39 is 5.60 Å². The van der Waals surface area contributed by atoms with E-state index in [0.717, 1.165) is 13.1 Å². The van der Waals surface area contributed by atoms with Gasteiger partial charge in [0.1, 0.15) is 17.6 Å². The molecule has 192 valence electrons. The highest BCUT2D eigenvalue weighted by Gasteiger charge is 2.31. The van der Waals surface area contributed by atoms with Crippen LogP contribution in [0.1, 0.15) is 20.8 Å². The topological polar surface area (TPSA) is 103 Å². The van der Waals surface area contributed by atoms with E-state index in [1.165, 1.54) is 0 Å². The minimum atomic E-state index is -0.562. The number of halogens is 2. The van der Waals surface area contributed by atoms with Crippen molar-refractivity contribution in [2.75, 3.05) is 58.3 Å². The number of aromatic amines is 1. The number of ether oxygens (including phenoxy) is 2. The molecule has 2 aliphatic heterocycles. The second kappa shape index (κ2) is 10.1. The number of hydrogen-bond donors (Lipinski definition) is 2. The lowest BCUT2D eigenvalue weighted by Crippen LogP contribution is -2.58. The Kier molecular flexibility index (Phi) is 7.51. The fourth-order valence-corrected chi connectivity index (χ4v) is 4.66. The lowest BCUT2D eigenvalue weighted by atomic mass is 10.1. The van der Waals surface area contributed by atoms with E-state index in [2.05, 4.69) is 36.1 Å². The molecule has 0 saturated carbocycles. The number of rotatable bonds is 5. The van der Waals surface area contributed by atoms with Gasteiger partial charge in [-0.15, -0.1) is 0 Å². The Labute approximate surface area is 218 Å². The second-order valence-corrected chi connectivity index (χ2v) is 11.4. The molecule has 10 nitrogen and oxygen atoms in total. The average molecular weight is 572 g/mol. The molecule has 4 rings (SSSR count). The molecule has 1 amide bonds. The smallest absolute Gasteiger partial charge is 0.410 e. The predicted molar refractivity (Wildman–Crippen MR) is 140 cm³/mol. The van der Waals surface area contributed by atoms with Gasteiger partial charge in [-0.2, -0.15) is 0 Å². The van der Waals surface area contributed by atoms with Crippen LogP contribution in [0.15, 0.2) is 15.3 Å². The highest BCUT2D eigenvalue weighted by atomic mass is 79.9. The van der Waals surface area contributed by atoms with E-state index in [4.69, 9.17) is 21.1 Å². The highest BCUT2D eigenvalue weighted by Crippen LogP contribution is 2.38. The van der Waals surface area contributed by atoms with Crippen molar-refractivity contribution < 1.29 is 14.3 Å². The van der Waals surface area contributed by atoms with E-state index in [1.54, 1.807) is 11.0 Å². The molecule has 2 saturated heterocycles. The number of benzene rings is 1. The van der Waals surface area contributed by atoms with Crippen molar-refractivity contribution >= 4 is 50.5 Å². The first-order valence-electron chi connectivity index (χ1n) is 11.6.